The van der Waals surface area contributed by atoms with Crippen LogP contribution in [0.1, 0.15) is 40.1 Å². The van der Waals surface area contributed by atoms with Crippen molar-refractivity contribution in [2.45, 2.75) is 37.5 Å². The number of ether oxygens (including phenoxy) is 3. The molecule has 0 radical (unpaired) electrons. The van der Waals surface area contributed by atoms with Crippen LogP contribution in [0.4, 0.5) is 5.69 Å². The number of methoxy groups -OCH3 is 1. The minimum atomic E-state index is -0.352. The van der Waals surface area contributed by atoms with Gasteiger partial charge in [-0.05, 0) is 31.0 Å². The molecular formula is C21H23N3O6S. The predicted octanol–water partition coefficient (Wildman–Crippen LogP) is 2.34. The van der Waals surface area contributed by atoms with Gasteiger partial charge in [0.15, 0.2) is 0 Å². The standard InChI is InChI=1S/C21H23N3O6S/c1-24-16-5-4-13(8-19(25)28-2)30-18(16)9-29-17-6-3-12(7-14(17)21(24)27)23-20(26)15-10-31-11-22-15/h3,6-7,10-11,13,16,18H,4-5,8-9H2,1-2H3,(H,23,26)/t13-,16-,18-/m1/s1. The number of rotatable bonds is 4. The fourth-order valence-corrected chi connectivity index (χ4v) is 4.43. The van der Waals surface area contributed by atoms with Crippen LogP contribution in [0.25, 0.3) is 0 Å². The monoisotopic (exact) mass is 445 g/mol. The first-order valence-corrected chi connectivity index (χ1v) is 10.9. The highest BCUT2D eigenvalue weighted by Gasteiger charge is 2.39. The third-order valence-corrected chi connectivity index (χ3v) is 6.14. The third-order valence-electron chi connectivity index (χ3n) is 5.56. The average molecular weight is 445 g/mol. The van der Waals surface area contributed by atoms with Gasteiger partial charge in [0.2, 0.25) is 0 Å². The zero-order valence-corrected chi connectivity index (χ0v) is 18.0. The van der Waals surface area contributed by atoms with Crippen LogP contribution in [0.3, 0.4) is 0 Å². The number of carbonyl (C=O) groups is 3. The largest absolute Gasteiger partial charge is 0.490 e. The smallest absolute Gasteiger partial charge is 0.308 e. The lowest BCUT2D eigenvalue weighted by Gasteiger charge is -2.42. The summed E-state index contributed by atoms with van der Waals surface area (Å²) in [5.41, 5.74) is 2.76. The van der Waals surface area contributed by atoms with Crippen molar-refractivity contribution in [1.82, 2.24) is 9.88 Å². The van der Waals surface area contributed by atoms with E-state index in [0.717, 1.165) is 0 Å². The summed E-state index contributed by atoms with van der Waals surface area (Å²) in [6.45, 7) is 0.248. The van der Waals surface area contributed by atoms with Gasteiger partial charge in [-0.3, -0.25) is 14.4 Å². The number of hydrogen-bond acceptors (Lipinski definition) is 8. The molecule has 2 aromatic rings. The van der Waals surface area contributed by atoms with Crippen LogP contribution in [-0.2, 0) is 14.3 Å². The summed E-state index contributed by atoms with van der Waals surface area (Å²) < 4.78 is 16.7. The van der Waals surface area contributed by atoms with E-state index in [9.17, 15) is 14.4 Å². The summed E-state index contributed by atoms with van der Waals surface area (Å²) in [6, 6.07) is 4.77. The Morgan fingerprint density at radius 2 is 2.19 bits per heavy atom. The highest BCUT2D eigenvalue weighted by molar-refractivity contribution is 7.07. The first-order valence-electron chi connectivity index (χ1n) is 9.92. The number of esters is 1. The highest BCUT2D eigenvalue weighted by atomic mass is 32.1. The molecule has 0 saturated carbocycles. The normalized spacial score (nSPS) is 23.0. The maximum absolute atomic E-state index is 13.2. The molecule has 3 atom stereocenters. The van der Waals surface area contributed by atoms with Gasteiger partial charge < -0.3 is 24.4 Å². The van der Waals surface area contributed by atoms with E-state index < -0.39 is 0 Å². The Labute approximate surface area is 183 Å². The molecule has 164 valence electrons. The highest BCUT2D eigenvalue weighted by Crippen LogP contribution is 2.32. The quantitative estimate of drug-likeness (QED) is 0.720. The van der Waals surface area contributed by atoms with Crippen molar-refractivity contribution in [3.05, 3.63) is 40.3 Å². The van der Waals surface area contributed by atoms with Crippen LogP contribution in [0.2, 0.25) is 0 Å². The van der Waals surface area contributed by atoms with Gasteiger partial charge in [-0.25, -0.2) is 4.98 Å². The molecule has 0 unspecified atom stereocenters. The second-order valence-electron chi connectivity index (χ2n) is 7.49. The molecule has 0 bridgehead atoms. The number of carbonyl (C=O) groups excluding carboxylic acids is 3. The molecule has 2 aliphatic heterocycles. The number of anilines is 1. The number of amides is 2. The van der Waals surface area contributed by atoms with E-state index in [0.29, 0.717) is 35.5 Å². The molecule has 4 rings (SSSR count). The first kappa shape index (κ1) is 21.3. The van der Waals surface area contributed by atoms with Crippen LogP contribution < -0.4 is 10.1 Å². The third kappa shape index (κ3) is 4.54. The summed E-state index contributed by atoms with van der Waals surface area (Å²) in [5, 5.41) is 4.42. The van der Waals surface area contributed by atoms with E-state index in [1.807, 2.05) is 0 Å². The SMILES string of the molecule is COC(=O)C[C@H]1CC[C@@H]2[C@@H](COc3ccc(NC(=O)c4cscn4)cc3C(=O)N2C)O1. The molecule has 1 N–H and O–H groups in total. The molecule has 9 nitrogen and oxygen atoms in total. The van der Waals surface area contributed by atoms with Crippen molar-refractivity contribution < 1.29 is 28.6 Å². The summed E-state index contributed by atoms with van der Waals surface area (Å²) in [6.07, 6.45) is 0.895. The number of likely N-dealkylation sites (N-methyl/N-ethyl adjacent to an activating group) is 1. The molecule has 10 heteroatoms. The van der Waals surface area contributed by atoms with Crippen molar-refractivity contribution in [3.8, 4) is 5.75 Å². The number of thiazole rings is 1. The summed E-state index contributed by atoms with van der Waals surface area (Å²) in [7, 11) is 3.09. The molecule has 1 fully saturated rings. The summed E-state index contributed by atoms with van der Waals surface area (Å²) in [4.78, 5) is 42.7. The van der Waals surface area contributed by atoms with Gasteiger partial charge in [0.25, 0.3) is 11.8 Å². The molecule has 1 aromatic carbocycles. The van der Waals surface area contributed by atoms with Gasteiger partial charge in [0.1, 0.15) is 24.2 Å². The van der Waals surface area contributed by atoms with E-state index in [4.69, 9.17) is 14.2 Å². The Morgan fingerprint density at radius 3 is 2.94 bits per heavy atom. The van der Waals surface area contributed by atoms with Gasteiger partial charge in [0.05, 0.1) is 36.8 Å². The van der Waals surface area contributed by atoms with Crippen LogP contribution in [0.15, 0.2) is 29.1 Å². The van der Waals surface area contributed by atoms with E-state index >= 15 is 0 Å². The summed E-state index contributed by atoms with van der Waals surface area (Å²) in [5.74, 6) is -0.464. The lowest BCUT2D eigenvalue weighted by Crippen LogP contribution is -2.53. The van der Waals surface area contributed by atoms with Gasteiger partial charge in [-0.15, -0.1) is 11.3 Å². The van der Waals surface area contributed by atoms with Gasteiger partial charge in [-0.1, -0.05) is 0 Å². The van der Waals surface area contributed by atoms with Crippen molar-refractivity contribution in [2.24, 2.45) is 0 Å². The average Bonchev–Trinajstić information content (AvgIpc) is 3.32. The number of nitrogens with one attached hydrogen (secondary N) is 1. The molecule has 1 aromatic heterocycles. The number of fused-ring (bicyclic) bond motifs is 2. The molecule has 0 aliphatic carbocycles. The number of nitrogens with zero attached hydrogens (tertiary/aromatic N) is 2. The van der Waals surface area contributed by atoms with Crippen LogP contribution >= 0.6 is 11.3 Å². The van der Waals surface area contributed by atoms with Crippen LogP contribution in [-0.4, -0.2) is 66.7 Å². The lowest BCUT2D eigenvalue weighted by atomic mass is 9.94. The van der Waals surface area contributed by atoms with Gasteiger partial charge in [-0.2, -0.15) is 0 Å². The molecule has 2 aliphatic rings. The Morgan fingerprint density at radius 1 is 1.35 bits per heavy atom. The number of aromatic nitrogens is 1. The molecule has 1 saturated heterocycles. The van der Waals surface area contributed by atoms with E-state index in [2.05, 4.69) is 10.3 Å². The lowest BCUT2D eigenvalue weighted by molar-refractivity contribution is -0.151. The maximum Gasteiger partial charge on any atom is 0.308 e. The van der Waals surface area contributed by atoms with E-state index in [1.165, 1.54) is 18.4 Å². The molecule has 0 spiro atoms. The van der Waals surface area contributed by atoms with Crippen LogP contribution in [0.5, 0.6) is 5.75 Å². The second-order valence-corrected chi connectivity index (χ2v) is 8.21. The first-order chi connectivity index (χ1) is 15.0. The predicted molar refractivity (Wildman–Crippen MR) is 112 cm³/mol. The fourth-order valence-electron chi connectivity index (χ4n) is 3.89. The molecule has 3 heterocycles. The van der Waals surface area contributed by atoms with Crippen molar-refractivity contribution in [3.63, 3.8) is 0 Å². The van der Waals surface area contributed by atoms with E-state index in [-0.39, 0.29) is 49.1 Å². The molecular weight excluding hydrogens is 422 g/mol. The van der Waals surface area contributed by atoms with Crippen molar-refractivity contribution >= 4 is 34.8 Å². The zero-order chi connectivity index (χ0) is 22.0. The Kier molecular flexibility index (Phi) is 6.19. The Hall–Kier alpha value is -2.98. The topological polar surface area (TPSA) is 107 Å². The molecule has 31 heavy (non-hydrogen) atoms. The van der Waals surface area contributed by atoms with Gasteiger partial charge >= 0.3 is 5.97 Å². The Balaban J connectivity index is 1.52. The van der Waals surface area contributed by atoms with Gasteiger partial charge in [0, 0.05) is 18.1 Å². The van der Waals surface area contributed by atoms with Crippen molar-refractivity contribution in [1.29, 1.82) is 0 Å². The number of hydrogen-bond donors (Lipinski definition) is 1. The Bertz CT molecular complexity index is 979. The molecule has 2 amide bonds. The minimum Gasteiger partial charge on any atom is -0.490 e. The van der Waals surface area contributed by atoms with E-state index in [1.54, 1.807) is 41.0 Å². The maximum atomic E-state index is 13.2. The zero-order valence-electron chi connectivity index (χ0n) is 17.2. The number of benzene rings is 1. The minimum absolute atomic E-state index is 0.177. The fraction of sp³-hybridized carbons (Fsp3) is 0.429. The van der Waals surface area contributed by atoms with Crippen LogP contribution in [0, 0.1) is 0 Å². The van der Waals surface area contributed by atoms with Crippen molar-refractivity contribution in [2.75, 3.05) is 26.1 Å². The summed E-state index contributed by atoms with van der Waals surface area (Å²) >= 11 is 1.33. The second kappa shape index (κ2) is 9.03.